The molecule has 8 heteroatoms. The number of halogens is 1. The average molecular weight is 440 g/mol. The third-order valence-corrected chi connectivity index (χ3v) is 3.74. The summed E-state index contributed by atoms with van der Waals surface area (Å²) in [5, 5.41) is 9.33. The quantitative estimate of drug-likeness (QED) is 0.211. The fourth-order valence-electron chi connectivity index (χ4n) is 2.25. The highest BCUT2D eigenvalue weighted by molar-refractivity contribution is 14.0. The van der Waals surface area contributed by atoms with Crippen molar-refractivity contribution in [3.63, 3.8) is 0 Å². The molecule has 2 fully saturated rings. The molecule has 3 N–H and O–H groups in total. The van der Waals surface area contributed by atoms with Gasteiger partial charge in [0.05, 0.1) is 12.7 Å². The van der Waals surface area contributed by atoms with Crippen molar-refractivity contribution >= 4 is 35.8 Å². The molecule has 0 aromatic rings. The molecule has 23 heavy (non-hydrogen) atoms. The van der Waals surface area contributed by atoms with Gasteiger partial charge in [0, 0.05) is 45.8 Å². The minimum Gasteiger partial charge on any atom is -0.379 e. The highest BCUT2D eigenvalue weighted by Crippen LogP contribution is 2.28. The lowest BCUT2D eigenvalue weighted by Gasteiger charge is -2.13. The highest BCUT2D eigenvalue weighted by Gasteiger charge is 2.28. The molecule has 134 valence electrons. The molecule has 2 aliphatic rings. The van der Waals surface area contributed by atoms with Gasteiger partial charge < -0.3 is 25.4 Å². The Bertz CT molecular complexity index is 372. The first kappa shape index (κ1) is 20.4. The number of rotatable bonds is 9. The van der Waals surface area contributed by atoms with Gasteiger partial charge in [0.1, 0.15) is 0 Å². The predicted molar refractivity (Wildman–Crippen MR) is 100 cm³/mol. The number of hydrogen-bond donors (Lipinski definition) is 3. The van der Waals surface area contributed by atoms with Gasteiger partial charge in [-0.05, 0) is 25.7 Å². The smallest absolute Gasteiger partial charge is 0.223 e. The van der Waals surface area contributed by atoms with E-state index >= 15 is 0 Å². The minimum atomic E-state index is 0. The topological polar surface area (TPSA) is 84.0 Å². The Hall–Kier alpha value is -0.610. The molecule has 7 nitrogen and oxygen atoms in total. The SMILES string of the molecule is CN=C(NCCCOC1CCOC1)NCCNC(=O)C1CC1.I. The molecule has 1 saturated heterocycles. The van der Waals surface area contributed by atoms with E-state index in [1.165, 1.54) is 0 Å². The van der Waals surface area contributed by atoms with Crippen molar-refractivity contribution in [3.8, 4) is 0 Å². The van der Waals surface area contributed by atoms with E-state index in [-0.39, 0.29) is 41.9 Å². The van der Waals surface area contributed by atoms with E-state index in [0.29, 0.717) is 13.1 Å². The largest absolute Gasteiger partial charge is 0.379 e. The molecule has 1 unspecified atom stereocenters. The van der Waals surface area contributed by atoms with Crippen LogP contribution in [0.15, 0.2) is 4.99 Å². The first-order valence-corrected chi connectivity index (χ1v) is 8.21. The third kappa shape index (κ3) is 8.71. The molecule has 1 saturated carbocycles. The molecule has 0 bridgehead atoms. The van der Waals surface area contributed by atoms with Crippen LogP contribution in [0.1, 0.15) is 25.7 Å². The third-order valence-electron chi connectivity index (χ3n) is 3.74. The van der Waals surface area contributed by atoms with E-state index in [1.807, 2.05) is 0 Å². The fourth-order valence-corrected chi connectivity index (χ4v) is 2.25. The molecule has 1 amide bonds. The number of guanidine groups is 1. The van der Waals surface area contributed by atoms with Crippen molar-refractivity contribution in [1.29, 1.82) is 0 Å². The van der Waals surface area contributed by atoms with Crippen LogP contribution >= 0.6 is 24.0 Å². The van der Waals surface area contributed by atoms with E-state index in [0.717, 1.165) is 58.0 Å². The van der Waals surface area contributed by atoms with Crippen LogP contribution in [0.4, 0.5) is 0 Å². The van der Waals surface area contributed by atoms with Crippen LogP contribution in [0.3, 0.4) is 0 Å². The lowest BCUT2D eigenvalue weighted by atomic mass is 10.3. The molecule has 0 spiro atoms. The minimum absolute atomic E-state index is 0. The number of carbonyl (C=O) groups excluding carboxylic acids is 1. The zero-order valence-corrected chi connectivity index (χ0v) is 16.1. The standard InChI is InChI=1S/C15H28N4O3.HI/c1-16-15(19-8-7-17-14(20)12-3-4-12)18-6-2-9-22-13-5-10-21-11-13;/h12-13H,2-11H2,1H3,(H,17,20)(H2,16,18,19);1H. The second-order valence-corrected chi connectivity index (χ2v) is 5.70. The second kappa shape index (κ2) is 11.9. The van der Waals surface area contributed by atoms with Crippen LogP contribution in [-0.4, -0.2) is 64.5 Å². The summed E-state index contributed by atoms with van der Waals surface area (Å²) in [5.74, 6) is 1.20. The highest BCUT2D eigenvalue weighted by atomic mass is 127. The first-order valence-electron chi connectivity index (χ1n) is 8.21. The summed E-state index contributed by atoms with van der Waals surface area (Å²) in [5.41, 5.74) is 0. The number of ether oxygens (including phenoxy) is 2. The summed E-state index contributed by atoms with van der Waals surface area (Å²) < 4.78 is 11.0. The average Bonchev–Trinajstić information content (AvgIpc) is 3.26. The van der Waals surface area contributed by atoms with Crippen LogP contribution in [0.5, 0.6) is 0 Å². The molecular weight excluding hydrogens is 411 g/mol. The lowest BCUT2D eigenvalue weighted by molar-refractivity contribution is -0.122. The van der Waals surface area contributed by atoms with Crippen molar-refractivity contribution < 1.29 is 14.3 Å². The fraction of sp³-hybridized carbons (Fsp3) is 0.867. The summed E-state index contributed by atoms with van der Waals surface area (Å²) >= 11 is 0. The van der Waals surface area contributed by atoms with Gasteiger partial charge in [-0.3, -0.25) is 9.79 Å². The molecule has 2 rings (SSSR count). The van der Waals surface area contributed by atoms with Gasteiger partial charge in [-0.25, -0.2) is 0 Å². The summed E-state index contributed by atoms with van der Waals surface area (Å²) in [6, 6.07) is 0. The van der Waals surface area contributed by atoms with E-state index in [9.17, 15) is 4.79 Å². The van der Waals surface area contributed by atoms with Crippen LogP contribution < -0.4 is 16.0 Å². The number of hydrogen-bond acceptors (Lipinski definition) is 4. The number of aliphatic imine (C=N–C) groups is 1. The molecule has 1 atom stereocenters. The Morgan fingerprint density at radius 1 is 1.17 bits per heavy atom. The van der Waals surface area contributed by atoms with Crippen molar-refractivity contribution in [1.82, 2.24) is 16.0 Å². The van der Waals surface area contributed by atoms with Gasteiger partial charge in [0.25, 0.3) is 0 Å². The maximum absolute atomic E-state index is 11.5. The van der Waals surface area contributed by atoms with E-state index in [4.69, 9.17) is 9.47 Å². The van der Waals surface area contributed by atoms with Gasteiger partial charge in [-0.15, -0.1) is 24.0 Å². The first-order chi connectivity index (χ1) is 10.8. The monoisotopic (exact) mass is 440 g/mol. The zero-order chi connectivity index (χ0) is 15.6. The van der Waals surface area contributed by atoms with Gasteiger partial charge in [-0.2, -0.15) is 0 Å². The molecule has 0 aromatic carbocycles. The summed E-state index contributed by atoms with van der Waals surface area (Å²) in [7, 11) is 1.74. The molecule has 1 aliphatic heterocycles. The van der Waals surface area contributed by atoms with Gasteiger partial charge in [0.15, 0.2) is 5.96 Å². The van der Waals surface area contributed by atoms with Crippen molar-refractivity contribution in [3.05, 3.63) is 0 Å². The Morgan fingerprint density at radius 2 is 1.91 bits per heavy atom. The maximum Gasteiger partial charge on any atom is 0.223 e. The van der Waals surface area contributed by atoms with Crippen LogP contribution in [0, 0.1) is 5.92 Å². The second-order valence-electron chi connectivity index (χ2n) is 5.70. The van der Waals surface area contributed by atoms with Crippen LogP contribution in [-0.2, 0) is 14.3 Å². The number of amides is 1. The summed E-state index contributed by atoms with van der Waals surface area (Å²) in [4.78, 5) is 15.6. The van der Waals surface area contributed by atoms with E-state index in [1.54, 1.807) is 7.05 Å². The van der Waals surface area contributed by atoms with Crippen molar-refractivity contribution in [2.45, 2.75) is 31.8 Å². The maximum atomic E-state index is 11.5. The van der Waals surface area contributed by atoms with Crippen LogP contribution in [0.2, 0.25) is 0 Å². The van der Waals surface area contributed by atoms with Crippen molar-refractivity contribution in [2.24, 2.45) is 10.9 Å². The van der Waals surface area contributed by atoms with Crippen LogP contribution in [0.25, 0.3) is 0 Å². The summed E-state index contributed by atoms with van der Waals surface area (Å²) in [6.07, 6.45) is 4.28. The Balaban J connectivity index is 0.00000264. The molecule has 0 radical (unpaired) electrons. The molecular formula is C15H29IN4O3. The molecule has 1 heterocycles. The number of nitrogens with one attached hydrogen (secondary N) is 3. The molecule has 0 aromatic heterocycles. The van der Waals surface area contributed by atoms with Crippen molar-refractivity contribution in [2.75, 3.05) is 46.5 Å². The predicted octanol–water partition coefficient (Wildman–Crippen LogP) is 0.491. The van der Waals surface area contributed by atoms with E-state index < -0.39 is 0 Å². The lowest BCUT2D eigenvalue weighted by Crippen LogP contribution is -2.42. The Labute approximate surface area is 155 Å². The Kier molecular flexibility index (Phi) is 10.5. The van der Waals surface area contributed by atoms with Gasteiger partial charge in [-0.1, -0.05) is 0 Å². The number of carbonyl (C=O) groups is 1. The Morgan fingerprint density at radius 3 is 2.57 bits per heavy atom. The normalized spacial score (nSPS) is 20.7. The van der Waals surface area contributed by atoms with E-state index in [2.05, 4.69) is 20.9 Å². The number of nitrogens with zero attached hydrogens (tertiary/aromatic N) is 1. The zero-order valence-electron chi connectivity index (χ0n) is 13.8. The molecule has 1 aliphatic carbocycles. The van der Waals surface area contributed by atoms with Gasteiger partial charge >= 0.3 is 0 Å². The van der Waals surface area contributed by atoms with Gasteiger partial charge in [0.2, 0.25) is 5.91 Å². The summed E-state index contributed by atoms with van der Waals surface area (Å²) in [6.45, 7) is 4.38.